The lowest BCUT2D eigenvalue weighted by molar-refractivity contribution is 0.240. The minimum atomic E-state index is -0.126. The Kier molecular flexibility index (Phi) is 4.76. The molecule has 0 radical (unpaired) electrons. The highest BCUT2D eigenvalue weighted by Crippen LogP contribution is 2.31. The minimum absolute atomic E-state index is 0.0271. The molecule has 0 aliphatic heterocycles. The highest BCUT2D eigenvalue weighted by molar-refractivity contribution is 5.83. The maximum atomic E-state index is 12.4. The van der Waals surface area contributed by atoms with Crippen LogP contribution >= 0.6 is 0 Å². The molecule has 132 valence electrons. The molecule has 3 rings (SSSR count). The molecule has 0 saturated carbocycles. The smallest absolute Gasteiger partial charge is 0.252 e. The van der Waals surface area contributed by atoms with Crippen LogP contribution in [-0.4, -0.2) is 36.3 Å². The van der Waals surface area contributed by atoms with Crippen molar-refractivity contribution in [2.45, 2.75) is 19.5 Å². The van der Waals surface area contributed by atoms with Crippen LogP contribution in [-0.2, 0) is 6.54 Å². The van der Waals surface area contributed by atoms with Gasteiger partial charge < -0.3 is 19.0 Å². The predicted molar refractivity (Wildman–Crippen MR) is 94.1 cm³/mol. The Morgan fingerprint density at radius 2 is 1.96 bits per heavy atom. The molecule has 2 heterocycles. The van der Waals surface area contributed by atoms with Crippen molar-refractivity contribution in [1.29, 1.82) is 0 Å². The van der Waals surface area contributed by atoms with Crippen molar-refractivity contribution in [3.8, 4) is 11.5 Å². The molecular formula is C18H21N3O4. The maximum absolute atomic E-state index is 12.4. The molecule has 2 aromatic heterocycles. The second-order valence-corrected chi connectivity index (χ2v) is 5.93. The number of pyridine rings is 1. The highest BCUT2D eigenvalue weighted by Gasteiger charge is 2.17. The summed E-state index contributed by atoms with van der Waals surface area (Å²) in [6.45, 7) is 2.49. The van der Waals surface area contributed by atoms with E-state index in [1.54, 1.807) is 26.5 Å². The molecule has 0 unspecified atom stereocenters. The summed E-state index contributed by atoms with van der Waals surface area (Å²) in [5.74, 6) is 1.20. The molecule has 0 aliphatic rings. The topological polar surface area (TPSA) is 80.6 Å². The van der Waals surface area contributed by atoms with Crippen molar-refractivity contribution in [1.82, 2.24) is 15.0 Å². The first-order chi connectivity index (χ1) is 12.0. The lowest BCUT2D eigenvalue weighted by atomic mass is 10.1. The standard InChI is InChI=1S/C18H21N3O4/c1-11(14-5-6-25-20-14)21(2)10-13-7-12-8-16(23-3)17(24-4)9-15(12)19-18(13)22/h5-9,11H,10H2,1-4H3,(H,19,22)/t11-/m0/s1. The van der Waals surface area contributed by atoms with Crippen LogP contribution in [0, 0.1) is 0 Å². The number of nitrogens with zero attached hydrogens (tertiary/aromatic N) is 2. The van der Waals surface area contributed by atoms with Crippen molar-refractivity contribution < 1.29 is 14.0 Å². The average molecular weight is 343 g/mol. The number of hydrogen-bond donors (Lipinski definition) is 1. The summed E-state index contributed by atoms with van der Waals surface area (Å²) in [6.07, 6.45) is 1.54. The van der Waals surface area contributed by atoms with Crippen LogP contribution in [0.1, 0.15) is 24.2 Å². The largest absolute Gasteiger partial charge is 0.493 e. The van der Waals surface area contributed by atoms with E-state index in [1.165, 1.54) is 0 Å². The summed E-state index contributed by atoms with van der Waals surface area (Å²) in [7, 11) is 5.09. The molecule has 25 heavy (non-hydrogen) atoms. The molecule has 1 N–H and O–H groups in total. The zero-order chi connectivity index (χ0) is 18.0. The van der Waals surface area contributed by atoms with Gasteiger partial charge in [-0.05, 0) is 26.1 Å². The number of fused-ring (bicyclic) bond motifs is 1. The molecule has 0 aliphatic carbocycles. The molecule has 1 atom stereocenters. The van der Waals surface area contributed by atoms with Crippen LogP contribution in [0.3, 0.4) is 0 Å². The number of rotatable bonds is 6. The molecule has 0 amide bonds. The van der Waals surface area contributed by atoms with Crippen LogP contribution in [0.2, 0.25) is 0 Å². The molecule has 3 aromatic rings. The summed E-state index contributed by atoms with van der Waals surface area (Å²) in [6, 6.07) is 7.35. The van der Waals surface area contributed by atoms with Crippen molar-refractivity contribution >= 4 is 10.9 Å². The number of aromatic nitrogens is 2. The van der Waals surface area contributed by atoms with E-state index < -0.39 is 0 Å². The Bertz CT molecular complexity index is 918. The van der Waals surface area contributed by atoms with Crippen LogP contribution in [0.25, 0.3) is 10.9 Å². The molecule has 7 heteroatoms. The van der Waals surface area contributed by atoms with Gasteiger partial charge in [0.15, 0.2) is 11.5 Å². The molecule has 0 saturated heterocycles. The molecule has 1 aromatic carbocycles. The lowest BCUT2D eigenvalue weighted by Gasteiger charge is -2.22. The van der Waals surface area contributed by atoms with Crippen LogP contribution < -0.4 is 15.0 Å². The van der Waals surface area contributed by atoms with Gasteiger partial charge in [0, 0.05) is 29.6 Å². The zero-order valence-electron chi connectivity index (χ0n) is 14.7. The number of aromatic amines is 1. The zero-order valence-corrected chi connectivity index (χ0v) is 14.7. The van der Waals surface area contributed by atoms with E-state index in [4.69, 9.17) is 14.0 Å². The fourth-order valence-electron chi connectivity index (χ4n) is 2.76. The Hall–Kier alpha value is -2.80. The van der Waals surface area contributed by atoms with Gasteiger partial charge in [-0.1, -0.05) is 5.16 Å². The van der Waals surface area contributed by atoms with E-state index in [0.29, 0.717) is 29.1 Å². The molecule has 0 spiro atoms. The quantitative estimate of drug-likeness (QED) is 0.741. The van der Waals surface area contributed by atoms with Gasteiger partial charge in [0.25, 0.3) is 5.56 Å². The second-order valence-electron chi connectivity index (χ2n) is 5.93. The second kappa shape index (κ2) is 6.98. The summed E-state index contributed by atoms with van der Waals surface area (Å²) in [4.78, 5) is 17.4. The van der Waals surface area contributed by atoms with Crippen molar-refractivity contribution in [2.24, 2.45) is 0 Å². The molecule has 0 bridgehead atoms. The number of nitrogens with one attached hydrogen (secondary N) is 1. The van der Waals surface area contributed by atoms with E-state index in [-0.39, 0.29) is 11.6 Å². The number of benzene rings is 1. The van der Waals surface area contributed by atoms with Gasteiger partial charge in [0.05, 0.1) is 25.8 Å². The summed E-state index contributed by atoms with van der Waals surface area (Å²) in [5, 5.41) is 4.84. The van der Waals surface area contributed by atoms with E-state index in [1.807, 2.05) is 37.1 Å². The Morgan fingerprint density at radius 3 is 2.60 bits per heavy atom. The van der Waals surface area contributed by atoms with Crippen LogP contribution in [0.15, 0.2) is 39.8 Å². The highest BCUT2D eigenvalue weighted by atomic mass is 16.5. The third-order valence-corrected chi connectivity index (χ3v) is 4.39. The number of methoxy groups -OCH3 is 2. The van der Waals surface area contributed by atoms with Gasteiger partial charge >= 0.3 is 0 Å². The normalized spacial score (nSPS) is 12.5. The molecular weight excluding hydrogens is 322 g/mol. The summed E-state index contributed by atoms with van der Waals surface area (Å²) >= 11 is 0. The summed E-state index contributed by atoms with van der Waals surface area (Å²) in [5.41, 5.74) is 2.07. The van der Waals surface area contributed by atoms with Crippen molar-refractivity contribution in [3.05, 3.63) is 52.1 Å². The van der Waals surface area contributed by atoms with Gasteiger partial charge in [0.2, 0.25) is 0 Å². The Labute approximate surface area is 145 Å². The maximum Gasteiger partial charge on any atom is 0.252 e. The van der Waals surface area contributed by atoms with Crippen molar-refractivity contribution in [3.63, 3.8) is 0 Å². The number of H-pyrrole nitrogens is 1. The first-order valence-corrected chi connectivity index (χ1v) is 7.92. The van der Waals surface area contributed by atoms with Gasteiger partial charge in [-0.25, -0.2) is 0 Å². The van der Waals surface area contributed by atoms with Crippen molar-refractivity contribution in [2.75, 3.05) is 21.3 Å². The minimum Gasteiger partial charge on any atom is -0.493 e. The Morgan fingerprint density at radius 1 is 1.24 bits per heavy atom. The van der Waals surface area contributed by atoms with E-state index >= 15 is 0 Å². The number of ether oxygens (including phenoxy) is 2. The average Bonchev–Trinajstić information content (AvgIpc) is 3.15. The lowest BCUT2D eigenvalue weighted by Crippen LogP contribution is -2.26. The van der Waals surface area contributed by atoms with Gasteiger partial charge in [0.1, 0.15) is 12.0 Å². The first kappa shape index (κ1) is 17.0. The van der Waals surface area contributed by atoms with Gasteiger partial charge in [-0.15, -0.1) is 0 Å². The Balaban J connectivity index is 1.93. The predicted octanol–water partition coefficient (Wildman–Crippen LogP) is 2.73. The van der Waals surface area contributed by atoms with Crippen LogP contribution in [0.4, 0.5) is 0 Å². The first-order valence-electron chi connectivity index (χ1n) is 7.92. The SMILES string of the molecule is COc1cc2cc(CN(C)[C@@H](C)c3ccon3)c(=O)[nH]c2cc1OC. The van der Waals surface area contributed by atoms with E-state index in [9.17, 15) is 4.79 Å². The van der Waals surface area contributed by atoms with E-state index in [0.717, 1.165) is 11.1 Å². The van der Waals surface area contributed by atoms with Gasteiger partial charge in [-0.3, -0.25) is 9.69 Å². The third-order valence-electron chi connectivity index (χ3n) is 4.39. The molecule has 7 nitrogen and oxygen atoms in total. The fourth-order valence-corrected chi connectivity index (χ4v) is 2.76. The fraction of sp³-hybridized carbons (Fsp3) is 0.333. The van der Waals surface area contributed by atoms with E-state index in [2.05, 4.69) is 10.1 Å². The van der Waals surface area contributed by atoms with Gasteiger partial charge in [-0.2, -0.15) is 0 Å². The molecule has 0 fully saturated rings. The third kappa shape index (κ3) is 3.36. The summed E-state index contributed by atoms with van der Waals surface area (Å²) < 4.78 is 15.5. The van der Waals surface area contributed by atoms with Crippen LogP contribution in [0.5, 0.6) is 11.5 Å². The number of hydrogen-bond acceptors (Lipinski definition) is 6. The monoisotopic (exact) mass is 343 g/mol.